The van der Waals surface area contributed by atoms with Gasteiger partial charge in [-0.15, -0.1) is 0 Å². The lowest BCUT2D eigenvalue weighted by molar-refractivity contribution is -0.532. The maximum Gasteiger partial charge on any atom is 0.256 e. The monoisotopic (exact) mass is 571 g/mol. The molecule has 4 atom stereocenters. The van der Waals surface area contributed by atoms with Crippen LogP contribution in [0.1, 0.15) is 29.5 Å². The summed E-state index contributed by atoms with van der Waals surface area (Å²) >= 11 is 9.53. The van der Waals surface area contributed by atoms with Crippen LogP contribution in [0.4, 0.5) is 5.69 Å². The lowest BCUT2D eigenvalue weighted by Crippen LogP contribution is -2.54. The Kier molecular flexibility index (Phi) is 6.40. The second kappa shape index (κ2) is 9.38. The van der Waals surface area contributed by atoms with Gasteiger partial charge in [0.1, 0.15) is 6.61 Å². The molecular formula is C26H23BrClN3O5. The van der Waals surface area contributed by atoms with Crippen LogP contribution in [0.2, 0.25) is 5.02 Å². The zero-order valence-corrected chi connectivity index (χ0v) is 21.8. The molecule has 0 aliphatic carbocycles. The Labute approximate surface area is 221 Å². The molecule has 1 saturated heterocycles. The van der Waals surface area contributed by atoms with Crippen molar-refractivity contribution in [3.05, 3.63) is 97.0 Å². The highest BCUT2D eigenvalue weighted by Crippen LogP contribution is 2.51. The maximum absolute atomic E-state index is 13.2. The van der Waals surface area contributed by atoms with Crippen LogP contribution in [0, 0.1) is 10.1 Å². The van der Waals surface area contributed by atoms with Crippen molar-refractivity contribution < 1.29 is 19.2 Å². The summed E-state index contributed by atoms with van der Waals surface area (Å²) in [5.41, 5.74) is 1.27. The number of methoxy groups -OCH3 is 1. The summed E-state index contributed by atoms with van der Waals surface area (Å²) in [4.78, 5) is 25.4. The number of para-hydroxylation sites is 1. The number of nitrogens with one attached hydrogen (secondary N) is 2. The minimum atomic E-state index is -1.48. The first kappa shape index (κ1) is 24.5. The van der Waals surface area contributed by atoms with Gasteiger partial charge in [-0.05, 0) is 64.3 Å². The van der Waals surface area contributed by atoms with E-state index in [4.69, 9.17) is 21.1 Å². The third-order valence-corrected chi connectivity index (χ3v) is 7.74. The molecule has 1 fully saturated rings. The van der Waals surface area contributed by atoms with Crippen LogP contribution >= 0.6 is 27.5 Å². The van der Waals surface area contributed by atoms with Crippen molar-refractivity contribution in [1.29, 1.82) is 0 Å². The van der Waals surface area contributed by atoms with Crippen LogP contribution in [0.25, 0.3) is 0 Å². The molecule has 8 nitrogen and oxygen atoms in total. The minimum absolute atomic E-state index is 0.282. The molecule has 0 radical (unpaired) electrons. The summed E-state index contributed by atoms with van der Waals surface area (Å²) in [5, 5.41) is 19.3. The first-order valence-corrected chi connectivity index (χ1v) is 12.5. The van der Waals surface area contributed by atoms with E-state index in [-0.39, 0.29) is 17.6 Å². The van der Waals surface area contributed by atoms with Gasteiger partial charge in [-0.1, -0.05) is 41.9 Å². The molecule has 1 amide bonds. The van der Waals surface area contributed by atoms with Crippen LogP contribution in [-0.2, 0) is 16.9 Å². The fraction of sp³-hybridized carbons (Fsp3) is 0.269. The number of carbonyl (C=O) groups is 1. The Balaban J connectivity index is 1.53. The summed E-state index contributed by atoms with van der Waals surface area (Å²) in [5.74, 6) is -0.132. The van der Waals surface area contributed by atoms with E-state index in [2.05, 4.69) is 26.6 Å². The van der Waals surface area contributed by atoms with Gasteiger partial charge in [0, 0.05) is 27.2 Å². The number of halogens is 2. The largest absolute Gasteiger partial charge is 0.493 e. The van der Waals surface area contributed by atoms with Gasteiger partial charge in [-0.3, -0.25) is 20.2 Å². The number of nitrogens with zero attached hydrogens (tertiary/aromatic N) is 1. The topological polar surface area (TPSA) is 103 Å². The number of benzene rings is 3. The quantitative estimate of drug-likeness (QED) is 0.309. The fourth-order valence-electron chi connectivity index (χ4n) is 5.36. The molecule has 0 unspecified atom stereocenters. The van der Waals surface area contributed by atoms with Crippen molar-refractivity contribution in [3.8, 4) is 11.5 Å². The second-order valence-electron chi connectivity index (χ2n) is 8.95. The number of rotatable bonds is 6. The number of anilines is 1. The van der Waals surface area contributed by atoms with Gasteiger partial charge in [-0.2, -0.15) is 0 Å². The normalized spacial score (nSPS) is 24.4. The summed E-state index contributed by atoms with van der Waals surface area (Å²) in [6.07, 6.45) is 0. The summed E-state index contributed by atoms with van der Waals surface area (Å²) in [6, 6.07) is 16.3. The molecule has 2 aliphatic rings. The number of amides is 1. The third kappa shape index (κ3) is 3.91. The van der Waals surface area contributed by atoms with E-state index in [9.17, 15) is 14.9 Å². The van der Waals surface area contributed by atoms with Crippen LogP contribution in [0.5, 0.6) is 11.5 Å². The Bertz CT molecular complexity index is 1350. The van der Waals surface area contributed by atoms with E-state index >= 15 is 0 Å². The van der Waals surface area contributed by atoms with Crippen LogP contribution < -0.4 is 20.1 Å². The molecule has 0 aromatic heterocycles. The van der Waals surface area contributed by atoms with Gasteiger partial charge in [-0.25, -0.2) is 0 Å². The smallest absolute Gasteiger partial charge is 0.256 e. The molecule has 186 valence electrons. The Morgan fingerprint density at radius 1 is 1.17 bits per heavy atom. The molecule has 2 N–H and O–H groups in total. The van der Waals surface area contributed by atoms with Gasteiger partial charge < -0.3 is 14.8 Å². The predicted molar refractivity (Wildman–Crippen MR) is 139 cm³/mol. The summed E-state index contributed by atoms with van der Waals surface area (Å²) in [6.45, 7) is 2.14. The summed E-state index contributed by atoms with van der Waals surface area (Å²) < 4.78 is 12.2. The highest BCUT2D eigenvalue weighted by molar-refractivity contribution is 9.10. The average molecular weight is 573 g/mol. The van der Waals surface area contributed by atoms with E-state index in [0.717, 1.165) is 5.56 Å². The Morgan fingerprint density at radius 2 is 1.89 bits per heavy atom. The molecule has 10 heteroatoms. The van der Waals surface area contributed by atoms with Crippen molar-refractivity contribution in [2.45, 2.75) is 37.1 Å². The predicted octanol–water partition coefficient (Wildman–Crippen LogP) is 5.26. The van der Waals surface area contributed by atoms with E-state index in [1.807, 2.05) is 19.1 Å². The van der Waals surface area contributed by atoms with E-state index in [1.165, 1.54) is 7.11 Å². The molecule has 2 heterocycles. The van der Waals surface area contributed by atoms with Gasteiger partial charge in [0.25, 0.3) is 11.9 Å². The van der Waals surface area contributed by atoms with Crippen molar-refractivity contribution in [2.75, 3.05) is 12.4 Å². The van der Waals surface area contributed by atoms with Gasteiger partial charge in [0.05, 0.1) is 17.5 Å². The second-order valence-corrected chi connectivity index (χ2v) is 10.2. The molecule has 1 spiro atoms. The molecule has 5 rings (SSSR count). The first-order valence-electron chi connectivity index (χ1n) is 11.3. The summed E-state index contributed by atoms with van der Waals surface area (Å²) in [7, 11) is 1.52. The van der Waals surface area contributed by atoms with E-state index in [1.54, 1.807) is 48.5 Å². The zero-order valence-electron chi connectivity index (χ0n) is 19.5. The van der Waals surface area contributed by atoms with Crippen LogP contribution in [0.3, 0.4) is 0 Å². The number of carbonyl (C=O) groups excluding carboxylic acids is 1. The van der Waals surface area contributed by atoms with Crippen LogP contribution in [-0.4, -0.2) is 30.0 Å². The van der Waals surface area contributed by atoms with E-state index < -0.39 is 23.4 Å². The van der Waals surface area contributed by atoms with Gasteiger partial charge in [0.2, 0.25) is 0 Å². The highest BCUT2D eigenvalue weighted by Gasteiger charge is 2.67. The molecule has 36 heavy (non-hydrogen) atoms. The first-order chi connectivity index (χ1) is 17.3. The third-order valence-electron chi connectivity index (χ3n) is 6.90. The molecule has 0 bridgehead atoms. The molecule has 3 aromatic rings. The number of ether oxygens (including phenoxy) is 2. The van der Waals surface area contributed by atoms with Crippen LogP contribution in [0.15, 0.2) is 65.1 Å². The lowest BCUT2D eigenvalue weighted by atomic mass is 9.78. The molecule has 2 aliphatic heterocycles. The minimum Gasteiger partial charge on any atom is -0.493 e. The SMILES string of the molecule is COc1cc([C@@H]2[C@H](C)N[C@@]3(C(=O)Nc4ccccc43)[C@H]2[N+](=O)[O-])cc(Br)c1OCc1ccc(Cl)cc1. The van der Waals surface area contributed by atoms with Crippen molar-refractivity contribution in [3.63, 3.8) is 0 Å². The average Bonchev–Trinajstić information content (AvgIpc) is 3.32. The molecule has 3 aromatic carbocycles. The van der Waals surface area contributed by atoms with Gasteiger partial charge >= 0.3 is 0 Å². The zero-order chi connectivity index (χ0) is 25.6. The maximum atomic E-state index is 13.2. The van der Waals surface area contributed by atoms with E-state index in [0.29, 0.717) is 37.8 Å². The highest BCUT2D eigenvalue weighted by atomic mass is 79.9. The standard InChI is InChI=1S/C26H23BrClN3O5/c1-14-22(24(31(33)34)26(30-14)18-5-3-4-6-20(18)29-25(26)32)16-11-19(27)23(21(12-16)35-2)36-13-15-7-9-17(28)10-8-15/h3-12,14,22,24,30H,13H2,1-2H3,(H,29,32)/t14-,22-,24-,26+/m0/s1. The fourth-order valence-corrected chi connectivity index (χ4v) is 6.06. The van der Waals surface area contributed by atoms with Crippen molar-refractivity contribution >= 4 is 39.1 Å². The van der Waals surface area contributed by atoms with Gasteiger partial charge in [0.15, 0.2) is 17.0 Å². The number of nitro groups is 1. The number of hydrogen-bond donors (Lipinski definition) is 2. The number of fused-ring (bicyclic) bond motifs is 2. The Morgan fingerprint density at radius 3 is 2.58 bits per heavy atom. The molecule has 0 saturated carbocycles. The van der Waals surface area contributed by atoms with Crippen molar-refractivity contribution in [1.82, 2.24) is 5.32 Å². The Hall–Kier alpha value is -3.14. The van der Waals surface area contributed by atoms with Crippen molar-refractivity contribution in [2.24, 2.45) is 0 Å². The lowest BCUT2D eigenvalue weighted by Gasteiger charge is -2.25. The number of hydrogen-bond acceptors (Lipinski definition) is 6. The molecular weight excluding hydrogens is 550 g/mol.